The van der Waals surface area contributed by atoms with E-state index in [-0.39, 0.29) is 12.4 Å². The molecule has 0 bridgehead atoms. The first kappa shape index (κ1) is 18.3. The Hall–Kier alpha value is -2.46. The van der Waals surface area contributed by atoms with E-state index in [2.05, 4.69) is 4.98 Å². The van der Waals surface area contributed by atoms with E-state index in [0.717, 1.165) is 21.1 Å². The lowest BCUT2D eigenvalue weighted by Crippen LogP contribution is -2.46. The van der Waals surface area contributed by atoms with Gasteiger partial charge in [-0.05, 0) is 24.5 Å². The molecule has 2 aromatic heterocycles. The van der Waals surface area contributed by atoms with Crippen LogP contribution in [-0.4, -0.2) is 33.4 Å². The lowest BCUT2D eigenvalue weighted by Gasteiger charge is -2.34. The highest BCUT2D eigenvalue weighted by molar-refractivity contribution is 7.89. The van der Waals surface area contributed by atoms with Crippen molar-refractivity contribution in [1.29, 1.82) is 0 Å². The summed E-state index contributed by atoms with van der Waals surface area (Å²) >= 11 is 0. The van der Waals surface area contributed by atoms with E-state index >= 15 is 0 Å². The van der Waals surface area contributed by atoms with Crippen LogP contribution in [0.1, 0.15) is 30.9 Å². The van der Waals surface area contributed by atoms with E-state index in [9.17, 15) is 18.0 Å². The molecule has 140 valence electrons. The lowest BCUT2D eigenvalue weighted by atomic mass is 9.99. The summed E-state index contributed by atoms with van der Waals surface area (Å²) in [5, 5.41) is 0. The van der Waals surface area contributed by atoms with Gasteiger partial charge in [0.15, 0.2) is 4.90 Å². The molecule has 0 aliphatic carbocycles. The van der Waals surface area contributed by atoms with Gasteiger partial charge in [0.05, 0.1) is 6.04 Å². The molecule has 1 unspecified atom stereocenters. The second kappa shape index (κ2) is 6.69. The maximum absolute atomic E-state index is 13.3. The molecule has 3 rings (SSSR count). The van der Waals surface area contributed by atoms with Crippen molar-refractivity contribution in [2.75, 3.05) is 12.3 Å². The normalized spacial score (nSPS) is 18.8. The quantitative estimate of drug-likeness (QED) is 0.800. The molecule has 0 spiro atoms. The fraction of sp³-hybridized carbons (Fsp3) is 0.438. The zero-order chi connectivity index (χ0) is 19.1. The summed E-state index contributed by atoms with van der Waals surface area (Å²) in [5.74, 6) is -0.353. The third kappa shape index (κ3) is 2.84. The smallest absolute Gasteiger partial charge is 0.332 e. The highest BCUT2D eigenvalue weighted by Crippen LogP contribution is 2.35. The van der Waals surface area contributed by atoms with E-state index in [0.29, 0.717) is 12.8 Å². The van der Waals surface area contributed by atoms with Crippen molar-refractivity contribution in [2.24, 2.45) is 14.1 Å². The number of nitrogens with zero attached hydrogens (tertiary/aromatic N) is 4. The molecule has 9 nitrogen and oxygen atoms in total. The zero-order valence-corrected chi connectivity index (χ0v) is 15.4. The molecule has 10 heteroatoms. The summed E-state index contributed by atoms with van der Waals surface area (Å²) < 4.78 is 29.7. The molecule has 1 aliphatic heterocycles. The minimum Gasteiger partial charge on any atom is -0.384 e. The van der Waals surface area contributed by atoms with Crippen molar-refractivity contribution >= 4 is 15.8 Å². The topological polar surface area (TPSA) is 120 Å². The third-order valence-corrected chi connectivity index (χ3v) is 6.71. The van der Waals surface area contributed by atoms with E-state index < -0.39 is 32.2 Å². The molecule has 0 amide bonds. The Morgan fingerprint density at radius 1 is 1.19 bits per heavy atom. The second-order valence-electron chi connectivity index (χ2n) is 6.33. The van der Waals surface area contributed by atoms with Crippen LogP contribution in [0.15, 0.2) is 39.0 Å². The van der Waals surface area contributed by atoms with Crippen LogP contribution in [0.25, 0.3) is 0 Å². The maximum Gasteiger partial charge on any atom is 0.332 e. The predicted octanol–water partition coefficient (Wildman–Crippen LogP) is -0.0229. The van der Waals surface area contributed by atoms with Crippen LogP contribution in [0.3, 0.4) is 0 Å². The first-order valence-electron chi connectivity index (χ1n) is 8.24. The van der Waals surface area contributed by atoms with Gasteiger partial charge in [0, 0.05) is 33.0 Å². The molecule has 0 radical (unpaired) electrons. The SMILES string of the molecule is Cn1c(N)c(S(=O)(=O)N2CCCCC2c2cccnc2)c(=O)n(C)c1=O. The Balaban J connectivity index is 2.19. The van der Waals surface area contributed by atoms with Gasteiger partial charge >= 0.3 is 5.69 Å². The summed E-state index contributed by atoms with van der Waals surface area (Å²) in [5.41, 5.74) is 5.03. The minimum absolute atomic E-state index is 0.271. The molecule has 2 aromatic rings. The zero-order valence-electron chi connectivity index (χ0n) is 14.6. The van der Waals surface area contributed by atoms with Crippen LogP contribution in [-0.2, 0) is 24.1 Å². The van der Waals surface area contributed by atoms with E-state index in [4.69, 9.17) is 5.73 Å². The molecule has 0 saturated carbocycles. The molecule has 0 aromatic carbocycles. The Morgan fingerprint density at radius 2 is 1.92 bits per heavy atom. The van der Waals surface area contributed by atoms with Crippen LogP contribution in [0, 0.1) is 0 Å². The van der Waals surface area contributed by atoms with E-state index in [1.54, 1.807) is 18.5 Å². The number of hydrogen-bond acceptors (Lipinski definition) is 6. The summed E-state index contributed by atoms with van der Waals surface area (Å²) in [7, 11) is -1.62. The predicted molar refractivity (Wildman–Crippen MR) is 96.1 cm³/mol. The standard InChI is InChI=1S/C16H21N5O4S/c1-19-14(17)13(15(22)20(2)16(19)23)26(24,25)21-9-4-3-7-12(21)11-6-5-8-18-10-11/h5-6,8,10,12H,3-4,7,9,17H2,1-2H3. The highest BCUT2D eigenvalue weighted by atomic mass is 32.2. The molecule has 1 atom stereocenters. The largest absolute Gasteiger partial charge is 0.384 e. The number of piperidine rings is 1. The Bertz CT molecular complexity index is 1040. The van der Waals surface area contributed by atoms with E-state index in [1.165, 1.54) is 18.4 Å². The fourth-order valence-electron chi connectivity index (χ4n) is 3.29. The van der Waals surface area contributed by atoms with Crippen LogP contribution < -0.4 is 17.0 Å². The number of pyridine rings is 1. The molecule has 1 aliphatic rings. The van der Waals surface area contributed by atoms with Crippen molar-refractivity contribution in [2.45, 2.75) is 30.2 Å². The first-order chi connectivity index (χ1) is 12.3. The van der Waals surface area contributed by atoms with Gasteiger partial charge in [-0.3, -0.25) is 18.9 Å². The minimum atomic E-state index is -4.19. The molecule has 1 saturated heterocycles. The van der Waals surface area contributed by atoms with Crippen LogP contribution >= 0.6 is 0 Å². The fourth-order valence-corrected chi connectivity index (χ4v) is 5.21. The van der Waals surface area contributed by atoms with Crippen molar-refractivity contribution < 1.29 is 8.42 Å². The highest BCUT2D eigenvalue weighted by Gasteiger charge is 2.38. The number of nitrogens with two attached hydrogens (primary N) is 1. The molecular weight excluding hydrogens is 358 g/mol. The number of sulfonamides is 1. The Morgan fingerprint density at radius 3 is 2.58 bits per heavy atom. The number of anilines is 1. The second-order valence-corrected chi connectivity index (χ2v) is 8.16. The third-order valence-electron chi connectivity index (χ3n) is 4.76. The van der Waals surface area contributed by atoms with Crippen LogP contribution in [0.5, 0.6) is 0 Å². The molecule has 1 fully saturated rings. The Kier molecular flexibility index (Phi) is 4.72. The number of hydrogen-bond donors (Lipinski definition) is 1. The summed E-state index contributed by atoms with van der Waals surface area (Å²) in [4.78, 5) is 28.0. The number of aromatic nitrogens is 3. The van der Waals surface area contributed by atoms with Gasteiger partial charge in [-0.1, -0.05) is 12.5 Å². The molecule has 3 heterocycles. The van der Waals surface area contributed by atoms with Crippen molar-refractivity contribution in [3.63, 3.8) is 0 Å². The number of nitrogen functional groups attached to an aromatic ring is 1. The summed E-state index contributed by atoms with van der Waals surface area (Å²) in [6.07, 6.45) is 5.41. The van der Waals surface area contributed by atoms with E-state index in [1.807, 2.05) is 6.07 Å². The summed E-state index contributed by atoms with van der Waals surface area (Å²) in [6.45, 7) is 0.271. The van der Waals surface area contributed by atoms with Gasteiger partial charge in [-0.2, -0.15) is 4.31 Å². The van der Waals surface area contributed by atoms with Crippen molar-refractivity contribution in [3.05, 3.63) is 50.9 Å². The molecule has 2 N–H and O–H groups in total. The van der Waals surface area contributed by atoms with Gasteiger partial charge in [-0.25, -0.2) is 13.2 Å². The number of rotatable bonds is 3. The van der Waals surface area contributed by atoms with Gasteiger partial charge in [0.2, 0.25) is 0 Å². The molecule has 26 heavy (non-hydrogen) atoms. The Labute approximate surface area is 150 Å². The van der Waals surface area contributed by atoms with Crippen molar-refractivity contribution in [3.8, 4) is 0 Å². The summed E-state index contributed by atoms with van der Waals surface area (Å²) in [6, 6.07) is 3.13. The van der Waals surface area contributed by atoms with Crippen LogP contribution in [0.4, 0.5) is 5.82 Å². The van der Waals surface area contributed by atoms with Gasteiger partial charge in [0.25, 0.3) is 15.6 Å². The monoisotopic (exact) mass is 379 g/mol. The average Bonchev–Trinajstić information content (AvgIpc) is 2.65. The van der Waals surface area contributed by atoms with Crippen molar-refractivity contribution in [1.82, 2.24) is 18.4 Å². The lowest BCUT2D eigenvalue weighted by molar-refractivity contribution is 0.255. The first-order valence-corrected chi connectivity index (χ1v) is 9.68. The average molecular weight is 379 g/mol. The van der Waals surface area contributed by atoms with Gasteiger partial charge in [-0.15, -0.1) is 0 Å². The molecular formula is C16H21N5O4S. The van der Waals surface area contributed by atoms with Gasteiger partial charge < -0.3 is 5.73 Å². The van der Waals surface area contributed by atoms with Crippen LogP contribution in [0.2, 0.25) is 0 Å². The maximum atomic E-state index is 13.3. The van der Waals surface area contributed by atoms with Gasteiger partial charge in [0.1, 0.15) is 5.82 Å².